The fourth-order valence-corrected chi connectivity index (χ4v) is 4.07. The Bertz CT molecular complexity index is 674. The van der Waals surface area contributed by atoms with E-state index in [1.54, 1.807) is 19.9 Å². The summed E-state index contributed by atoms with van der Waals surface area (Å²) in [7, 11) is 0. The summed E-state index contributed by atoms with van der Waals surface area (Å²) in [6.07, 6.45) is 1.32. The molecule has 4 N–H and O–H groups in total. The van der Waals surface area contributed by atoms with Crippen LogP contribution < -0.4 is 0 Å². The van der Waals surface area contributed by atoms with Gasteiger partial charge in [-0.25, -0.2) is 9.59 Å². The SMILES string of the molecule is C=C[C@@H](O)[C@@H]1OC(=O)[C@H](OCC)C1O.CCO[C@H]1C(=O)O[C@@H]([C@H](O)/C=C/C2CCCC2)C1O. The summed E-state index contributed by atoms with van der Waals surface area (Å²) in [4.78, 5) is 22.7. The quantitative estimate of drug-likeness (QED) is 0.267. The molecule has 3 fully saturated rings. The number of hydrogen-bond acceptors (Lipinski definition) is 10. The fourth-order valence-electron chi connectivity index (χ4n) is 4.07. The Labute approximate surface area is 193 Å². The van der Waals surface area contributed by atoms with Crippen molar-refractivity contribution < 1.29 is 49.0 Å². The van der Waals surface area contributed by atoms with E-state index in [1.165, 1.54) is 18.9 Å². The van der Waals surface area contributed by atoms with Crippen LogP contribution in [0, 0.1) is 5.92 Å². The van der Waals surface area contributed by atoms with E-state index >= 15 is 0 Å². The van der Waals surface area contributed by atoms with E-state index in [9.17, 15) is 30.0 Å². The third kappa shape index (κ3) is 7.08. The lowest BCUT2D eigenvalue weighted by Crippen LogP contribution is -2.39. The molecule has 2 unspecified atom stereocenters. The summed E-state index contributed by atoms with van der Waals surface area (Å²) in [6.45, 7) is 7.40. The second kappa shape index (κ2) is 13.2. The van der Waals surface area contributed by atoms with E-state index in [0.717, 1.165) is 12.8 Å². The van der Waals surface area contributed by atoms with Crippen LogP contribution >= 0.6 is 0 Å². The molecule has 2 saturated heterocycles. The molecule has 0 aromatic heterocycles. The number of cyclic esters (lactones) is 2. The van der Waals surface area contributed by atoms with Crippen LogP contribution in [0.5, 0.6) is 0 Å². The molecule has 0 amide bonds. The van der Waals surface area contributed by atoms with Gasteiger partial charge in [0.1, 0.15) is 24.4 Å². The second-order valence-corrected chi connectivity index (χ2v) is 8.18. The number of ether oxygens (including phenoxy) is 4. The highest BCUT2D eigenvalue weighted by Crippen LogP contribution is 2.27. The molecule has 10 heteroatoms. The summed E-state index contributed by atoms with van der Waals surface area (Å²) in [5.41, 5.74) is 0. The van der Waals surface area contributed by atoms with Crippen molar-refractivity contribution in [1.82, 2.24) is 0 Å². The van der Waals surface area contributed by atoms with Crippen LogP contribution in [0.15, 0.2) is 24.8 Å². The third-order valence-electron chi connectivity index (χ3n) is 5.85. The molecule has 33 heavy (non-hydrogen) atoms. The highest BCUT2D eigenvalue weighted by Gasteiger charge is 2.48. The maximum absolute atomic E-state index is 11.5. The lowest BCUT2D eigenvalue weighted by atomic mass is 10.0. The first-order chi connectivity index (χ1) is 15.7. The highest BCUT2D eigenvalue weighted by molar-refractivity contribution is 5.78. The Morgan fingerprint density at radius 3 is 1.82 bits per heavy atom. The van der Waals surface area contributed by atoms with Crippen LogP contribution in [0.3, 0.4) is 0 Å². The van der Waals surface area contributed by atoms with Gasteiger partial charge in [0, 0.05) is 13.2 Å². The number of aliphatic hydroxyl groups is 4. The van der Waals surface area contributed by atoms with Crippen LogP contribution in [0.1, 0.15) is 39.5 Å². The molecule has 188 valence electrons. The number of aliphatic hydroxyl groups excluding tert-OH is 4. The van der Waals surface area contributed by atoms with Crippen molar-refractivity contribution in [3.8, 4) is 0 Å². The van der Waals surface area contributed by atoms with Crippen molar-refractivity contribution in [2.24, 2.45) is 5.92 Å². The van der Waals surface area contributed by atoms with Gasteiger partial charge in [-0.05, 0) is 32.6 Å². The molecule has 2 heterocycles. The van der Waals surface area contributed by atoms with Crippen molar-refractivity contribution in [2.45, 2.75) is 88.4 Å². The van der Waals surface area contributed by atoms with E-state index < -0.39 is 60.8 Å². The minimum absolute atomic E-state index is 0.299. The summed E-state index contributed by atoms with van der Waals surface area (Å²) < 4.78 is 19.9. The van der Waals surface area contributed by atoms with E-state index in [2.05, 4.69) is 6.58 Å². The molecule has 10 nitrogen and oxygen atoms in total. The molecule has 0 spiro atoms. The molecule has 0 aromatic rings. The van der Waals surface area contributed by atoms with E-state index in [1.807, 2.05) is 6.08 Å². The Kier molecular flexibility index (Phi) is 10.9. The lowest BCUT2D eigenvalue weighted by Gasteiger charge is -2.18. The van der Waals surface area contributed by atoms with Gasteiger partial charge >= 0.3 is 11.9 Å². The van der Waals surface area contributed by atoms with Crippen molar-refractivity contribution in [3.63, 3.8) is 0 Å². The predicted molar refractivity (Wildman–Crippen MR) is 116 cm³/mol. The van der Waals surface area contributed by atoms with Gasteiger partial charge in [-0.2, -0.15) is 0 Å². The predicted octanol–water partition coefficient (Wildman–Crippen LogP) is 0.00980. The van der Waals surface area contributed by atoms with Gasteiger partial charge in [0.05, 0.1) is 0 Å². The van der Waals surface area contributed by atoms with Crippen molar-refractivity contribution in [3.05, 3.63) is 24.8 Å². The monoisotopic (exact) mass is 472 g/mol. The molecule has 0 bridgehead atoms. The Hall–Kier alpha value is -1.82. The third-order valence-corrected chi connectivity index (χ3v) is 5.85. The molecule has 0 aromatic carbocycles. The molecular formula is C23H36O10. The topological polar surface area (TPSA) is 152 Å². The minimum Gasteiger partial charge on any atom is -0.454 e. The standard InChI is InChI=1S/C14H22O5.C9H14O5/c1-2-18-13-11(16)12(19-14(13)17)10(15)8-7-9-5-3-4-6-9;1-3-5(10)7-6(11)8(13-4-2)9(12)14-7/h7-13,15-16H,2-6H2,1H3;3,5-8,10-11H,1,4H2,2H3/b8-7+;/t10-,11?,12+,13-;5-,6?,7+,8-/m11/s1. The van der Waals surface area contributed by atoms with Crippen LogP contribution in [0.4, 0.5) is 0 Å². The summed E-state index contributed by atoms with van der Waals surface area (Å²) in [6, 6.07) is 0. The molecule has 8 atom stereocenters. The summed E-state index contributed by atoms with van der Waals surface area (Å²) >= 11 is 0. The van der Waals surface area contributed by atoms with Crippen molar-refractivity contribution in [2.75, 3.05) is 13.2 Å². The molecule has 0 radical (unpaired) electrons. The van der Waals surface area contributed by atoms with Crippen molar-refractivity contribution in [1.29, 1.82) is 0 Å². The minimum atomic E-state index is -1.14. The summed E-state index contributed by atoms with van der Waals surface area (Å²) in [5, 5.41) is 38.8. The highest BCUT2D eigenvalue weighted by atomic mass is 16.6. The fraction of sp³-hybridized carbons (Fsp3) is 0.739. The van der Waals surface area contributed by atoms with Gasteiger partial charge in [-0.3, -0.25) is 0 Å². The number of carbonyl (C=O) groups excluding carboxylic acids is 2. The van der Waals surface area contributed by atoms with Crippen LogP contribution in [-0.2, 0) is 28.5 Å². The van der Waals surface area contributed by atoms with Gasteiger partial charge in [0.15, 0.2) is 24.4 Å². The molecule has 1 aliphatic carbocycles. The Morgan fingerprint density at radius 2 is 1.39 bits per heavy atom. The number of rotatable bonds is 9. The molecule has 3 rings (SSSR count). The number of esters is 2. The maximum atomic E-state index is 11.5. The first-order valence-corrected chi connectivity index (χ1v) is 11.4. The van der Waals surface area contributed by atoms with Crippen LogP contribution in [0.2, 0.25) is 0 Å². The maximum Gasteiger partial charge on any atom is 0.338 e. The van der Waals surface area contributed by atoms with Crippen molar-refractivity contribution >= 4 is 11.9 Å². The largest absolute Gasteiger partial charge is 0.454 e. The van der Waals surface area contributed by atoms with E-state index in [4.69, 9.17) is 18.9 Å². The number of allylic oxidation sites excluding steroid dienone is 1. The number of hydrogen-bond donors (Lipinski definition) is 4. The van der Waals surface area contributed by atoms with E-state index in [-0.39, 0.29) is 0 Å². The first kappa shape index (κ1) is 27.4. The first-order valence-electron chi connectivity index (χ1n) is 11.4. The van der Waals surface area contributed by atoms with Gasteiger partial charge in [-0.1, -0.05) is 31.1 Å². The normalized spacial score (nSPS) is 34.0. The van der Waals surface area contributed by atoms with Gasteiger partial charge < -0.3 is 39.4 Å². The number of carbonyl (C=O) groups is 2. The zero-order valence-corrected chi connectivity index (χ0v) is 19.1. The zero-order chi connectivity index (χ0) is 24.5. The summed E-state index contributed by atoms with van der Waals surface area (Å²) in [5.74, 6) is -0.760. The lowest BCUT2D eigenvalue weighted by molar-refractivity contribution is -0.152. The molecule has 3 aliphatic rings. The van der Waals surface area contributed by atoms with E-state index in [0.29, 0.717) is 19.1 Å². The smallest absolute Gasteiger partial charge is 0.338 e. The van der Waals surface area contributed by atoms with Gasteiger partial charge in [-0.15, -0.1) is 6.58 Å². The average molecular weight is 473 g/mol. The molecule has 1 saturated carbocycles. The van der Waals surface area contributed by atoms with Gasteiger partial charge in [0.25, 0.3) is 0 Å². The zero-order valence-electron chi connectivity index (χ0n) is 19.1. The van der Waals surface area contributed by atoms with Gasteiger partial charge in [0.2, 0.25) is 0 Å². The average Bonchev–Trinajstić information content (AvgIpc) is 3.49. The molecule has 2 aliphatic heterocycles. The van der Waals surface area contributed by atoms with Crippen LogP contribution in [0.25, 0.3) is 0 Å². The Balaban J connectivity index is 0.000000245. The van der Waals surface area contributed by atoms with Crippen LogP contribution in [-0.4, -0.2) is 94.4 Å². The molecular weight excluding hydrogens is 436 g/mol. The second-order valence-electron chi connectivity index (χ2n) is 8.18. The Morgan fingerprint density at radius 1 is 0.939 bits per heavy atom.